The number of thiol groups is 1. The summed E-state index contributed by atoms with van der Waals surface area (Å²) in [4.78, 5) is 0. The summed E-state index contributed by atoms with van der Waals surface area (Å²) in [7, 11) is 0. The minimum atomic E-state index is -0.238. The maximum Gasteiger partial charge on any atom is 0.125 e. The summed E-state index contributed by atoms with van der Waals surface area (Å²) in [5.74, 6) is 0. The van der Waals surface area contributed by atoms with Crippen molar-refractivity contribution in [3.8, 4) is 0 Å². The molecule has 0 aliphatic rings. The van der Waals surface area contributed by atoms with Gasteiger partial charge in [0.05, 0.1) is 0 Å². The van der Waals surface area contributed by atoms with Crippen molar-refractivity contribution in [2.24, 2.45) is 4.40 Å². The molecule has 0 saturated carbocycles. The van der Waals surface area contributed by atoms with Crippen molar-refractivity contribution >= 4 is 18.6 Å². The van der Waals surface area contributed by atoms with Gasteiger partial charge in [0.15, 0.2) is 0 Å². The second kappa shape index (κ2) is 2.82. The van der Waals surface area contributed by atoms with Crippen LogP contribution >= 0.6 is 0 Å². The molecule has 0 saturated heterocycles. The highest BCUT2D eigenvalue weighted by Gasteiger charge is 1.32. The summed E-state index contributed by atoms with van der Waals surface area (Å²) in [5, 5.41) is 0. The highest BCUT2D eigenvalue weighted by molar-refractivity contribution is 7.64. The molecule has 0 rings (SSSR count). The van der Waals surface area contributed by atoms with Crippen LogP contribution < -0.4 is 0 Å². The lowest BCUT2D eigenvalue weighted by atomic mass is 11.8. The molecule has 0 aliphatic carbocycles. The van der Waals surface area contributed by atoms with Crippen LogP contribution in [0, 0.1) is 0 Å². The van der Waals surface area contributed by atoms with Gasteiger partial charge in [-0.05, 0) is 0 Å². The zero-order chi connectivity index (χ0) is 3.41. The van der Waals surface area contributed by atoms with Crippen LogP contribution in [0.25, 0.3) is 0 Å². The van der Waals surface area contributed by atoms with E-state index >= 15 is 0 Å². The van der Waals surface area contributed by atoms with Crippen LogP contribution in [-0.2, 0) is 11.9 Å². The van der Waals surface area contributed by atoms with E-state index in [-0.39, 0.29) is 11.9 Å². The second-order valence-electron chi connectivity index (χ2n) is 0.223. The summed E-state index contributed by atoms with van der Waals surface area (Å²) < 4.78 is 11.9. The normalized spacial score (nSPS) is 6.00. The third kappa shape index (κ3) is 1.82. The van der Waals surface area contributed by atoms with Gasteiger partial charge in [0.2, 0.25) is 0 Å². The quantitative estimate of drug-likeness (QED) is 0.333. The van der Waals surface area contributed by atoms with Crippen LogP contribution in [0.3, 0.4) is 0 Å². The van der Waals surface area contributed by atoms with Gasteiger partial charge in [-0.25, -0.2) is 8.61 Å². The molecule has 0 spiro atoms. The Balaban J connectivity index is 2.73. The van der Waals surface area contributed by atoms with Gasteiger partial charge in [-0.1, -0.05) is 0 Å². The van der Waals surface area contributed by atoms with Gasteiger partial charge in [-0.15, -0.1) is 0 Å². The first kappa shape index (κ1) is 3.82. The van der Waals surface area contributed by atoms with Gasteiger partial charge in [0.1, 0.15) is 11.9 Å². The largest absolute Gasteiger partial charge is 0.238 e. The Labute approximate surface area is 28.2 Å². The highest BCUT2D eigenvalue weighted by atomic mass is 32.2. The van der Waals surface area contributed by atoms with Gasteiger partial charge < -0.3 is 0 Å². The molecule has 4 heavy (non-hydrogen) atoms. The molecular formula is CH3NOS. The van der Waals surface area contributed by atoms with Crippen molar-refractivity contribution in [1.29, 1.82) is 0 Å². The van der Waals surface area contributed by atoms with Crippen molar-refractivity contribution in [2.45, 2.75) is 0 Å². The fourth-order valence-corrected chi connectivity index (χ4v) is 0. The Morgan fingerprint density at radius 3 is 2.25 bits per heavy atom. The molecule has 0 N–H and O–H groups in total. The average molecular weight is 77.1 g/mol. The maximum absolute atomic E-state index is 9.04. The fourth-order valence-electron chi connectivity index (χ4n) is 0. The summed E-state index contributed by atoms with van der Waals surface area (Å²) in [6, 6.07) is 0. The fraction of sp³-hybridized carbons (Fsp3) is 0. The molecule has 0 heterocycles. The van der Waals surface area contributed by atoms with Crippen LogP contribution in [0.15, 0.2) is 4.40 Å². The molecule has 0 fully saturated rings. The van der Waals surface area contributed by atoms with Crippen LogP contribution in [0.5, 0.6) is 0 Å². The Bertz CT molecular complexity index is 29.0. The van der Waals surface area contributed by atoms with E-state index in [1.165, 1.54) is 0 Å². The smallest absolute Gasteiger partial charge is 0.125 e. The average Bonchev–Trinajstić information content (AvgIpc) is 1.37. The summed E-state index contributed by atoms with van der Waals surface area (Å²) >= 11 is -0.238. The first-order valence-electron chi connectivity index (χ1n) is 0.699. The minimum absolute atomic E-state index is 0.238. The van der Waals surface area contributed by atoms with Crippen molar-refractivity contribution in [3.05, 3.63) is 0 Å². The molecule has 24 valence electrons. The summed E-state index contributed by atoms with van der Waals surface area (Å²) in [6.45, 7) is 2.90. The molecule has 0 radical (unpaired) electrons. The van der Waals surface area contributed by atoms with Crippen LogP contribution in [0.1, 0.15) is 0 Å². The van der Waals surface area contributed by atoms with E-state index in [0.717, 1.165) is 0 Å². The molecule has 0 aliphatic heterocycles. The number of nitrogens with zero attached hydrogens (tertiary/aromatic N) is 1. The van der Waals surface area contributed by atoms with E-state index in [1.54, 1.807) is 0 Å². The lowest BCUT2D eigenvalue weighted by molar-refractivity contribution is 0.695. The second-order valence-corrected chi connectivity index (χ2v) is 0.669. The van der Waals surface area contributed by atoms with E-state index in [0.29, 0.717) is 0 Å². The molecule has 0 amide bonds. The molecule has 0 bridgehead atoms. The molecule has 0 atom stereocenters. The van der Waals surface area contributed by atoms with Crippen molar-refractivity contribution in [1.82, 2.24) is 0 Å². The topological polar surface area (TPSA) is 29.4 Å². The van der Waals surface area contributed by atoms with E-state index in [4.69, 9.17) is 4.21 Å². The molecule has 0 aromatic carbocycles. The highest BCUT2D eigenvalue weighted by Crippen LogP contribution is 1.39. The van der Waals surface area contributed by atoms with E-state index in [9.17, 15) is 0 Å². The number of rotatable bonds is 1. The monoisotopic (exact) mass is 77.0 g/mol. The van der Waals surface area contributed by atoms with E-state index in [2.05, 4.69) is 11.1 Å². The summed E-state index contributed by atoms with van der Waals surface area (Å²) in [6.07, 6.45) is 0. The Morgan fingerprint density at radius 2 is 2.25 bits per heavy atom. The standard InChI is InChI=1S/CH3NOS/c1-2-4-3/h4H,1H2. The molecule has 0 aromatic heterocycles. The zero-order valence-corrected chi connectivity index (χ0v) is 2.90. The zero-order valence-electron chi connectivity index (χ0n) is 2.01. The first-order valence-corrected chi connectivity index (χ1v) is 1.46. The van der Waals surface area contributed by atoms with Crippen molar-refractivity contribution in [3.63, 3.8) is 0 Å². The van der Waals surface area contributed by atoms with E-state index < -0.39 is 0 Å². The predicted molar refractivity (Wildman–Crippen MR) is 19.1 cm³/mol. The molecule has 0 unspecified atom stereocenters. The maximum atomic E-state index is 9.04. The lowest BCUT2D eigenvalue weighted by Crippen LogP contribution is -1.38. The third-order valence-electron chi connectivity index (χ3n) is 0.0577. The van der Waals surface area contributed by atoms with Crippen molar-refractivity contribution in [2.75, 3.05) is 0 Å². The van der Waals surface area contributed by atoms with Gasteiger partial charge in [-0.2, -0.15) is 0 Å². The van der Waals surface area contributed by atoms with Crippen molar-refractivity contribution < 1.29 is 4.21 Å². The SMILES string of the molecule is C=N[SH]=O. The van der Waals surface area contributed by atoms with Crippen LogP contribution in [0.4, 0.5) is 0 Å². The minimum Gasteiger partial charge on any atom is -0.238 e. The Kier molecular flexibility index (Phi) is 2.69. The molecule has 2 nitrogen and oxygen atoms in total. The van der Waals surface area contributed by atoms with Gasteiger partial charge in [0.25, 0.3) is 0 Å². The van der Waals surface area contributed by atoms with Crippen LogP contribution in [0.2, 0.25) is 0 Å². The molecular weight excluding hydrogens is 74.1 g/mol. The van der Waals surface area contributed by atoms with Gasteiger partial charge >= 0.3 is 0 Å². The Hall–Kier alpha value is -0.180. The van der Waals surface area contributed by atoms with Gasteiger partial charge in [-0.3, -0.25) is 0 Å². The summed E-state index contributed by atoms with van der Waals surface area (Å²) in [5.41, 5.74) is 0. The molecule has 0 aromatic rings. The number of hydrogen-bond acceptors (Lipinski definition) is 1. The predicted octanol–water partition coefficient (Wildman–Crippen LogP) is -0.453. The Morgan fingerprint density at radius 1 is 2.00 bits per heavy atom. The first-order chi connectivity index (χ1) is 1.91. The van der Waals surface area contributed by atoms with E-state index in [1.807, 2.05) is 0 Å². The van der Waals surface area contributed by atoms with Crippen LogP contribution in [-0.4, -0.2) is 10.9 Å². The molecule has 3 heteroatoms. The number of hydrogen-bond donors (Lipinski definition) is 1. The third-order valence-corrected chi connectivity index (χ3v) is 0.173. The lowest BCUT2D eigenvalue weighted by Gasteiger charge is -1.43. The van der Waals surface area contributed by atoms with Gasteiger partial charge in [0, 0.05) is 6.72 Å².